The molecule has 0 bridgehead atoms. The molecule has 7 heteroatoms. The first kappa shape index (κ1) is 22.9. The van der Waals surface area contributed by atoms with Gasteiger partial charge in [0.25, 0.3) is 5.88 Å². The standard InChI is InChI=1S/C25H30N4O3/c1-4-6-10-19(21(30)9-5-2)23-28-24-22(31-16-14-27-24)25(29-23)32-15-13-17(3)18-11-7-8-12-20(18)26/h4,6-12,30H,3,5,13-16,26H2,1-2H3,(H,27,28,29)/b6-4-,19-10+,21-9-. The number of aromatic nitrogens is 2. The molecule has 3 rings (SSSR count). The van der Waals surface area contributed by atoms with E-state index >= 15 is 0 Å². The number of allylic oxidation sites excluding steroid dienone is 5. The van der Waals surface area contributed by atoms with Crippen LogP contribution >= 0.6 is 0 Å². The lowest BCUT2D eigenvalue weighted by Gasteiger charge is -2.21. The SMILES string of the molecule is C=C(CCOc1nc(C(=C/C=C\C)/C(O)=C/CC)nc2c1OCCN2)c1ccccc1N. The van der Waals surface area contributed by atoms with E-state index in [-0.39, 0.29) is 5.76 Å². The number of nitrogens with one attached hydrogen (secondary N) is 1. The first-order valence-corrected chi connectivity index (χ1v) is 10.7. The molecule has 7 nitrogen and oxygen atoms in total. The van der Waals surface area contributed by atoms with E-state index in [1.165, 1.54) is 0 Å². The summed E-state index contributed by atoms with van der Waals surface area (Å²) in [6.45, 7) is 9.44. The van der Waals surface area contributed by atoms with Crippen molar-refractivity contribution in [3.8, 4) is 11.6 Å². The number of hydrogen-bond acceptors (Lipinski definition) is 7. The van der Waals surface area contributed by atoms with Gasteiger partial charge in [-0.25, -0.2) is 4.98 Å². The number of aliphatic hydroxyl groups excluding tert-OH is 1. The van der Waals surface area contributed by atoms with Crippen LogP contribution in [0.2, 0.25) is 0 Å². The summed E-state index contributed by atoms with van der Waals surface area (Å²) in [7, 11) is 0. The number of para-hydroxylation sites is 1. The molecule has 1 aromatic carbocycles. The number of nitrogens with two attached hydrogens (primary N) is 1. The lowest BCUT2D eigenvalue weighted by Crippen LogP contribution is -2.21. The van der Waals surface area contributed by atoms with Gasteiger partial charge in [-0.2, -0.15) is 4.98 Å². The Hall–Kier alpha value is -3.74. The molecule has 0 aliphatic carbocycles. The Morgan fingerprint density at radius 2 is 2.16 bits per heavy atom. The molecule has 1 aliphatic rings. The number of anilines is 2. The number of aliphatic hydroxyl groups is 1. The molecule has 0 atom stereocenters. The average Bonchev–Trinajstić information content (AvgIpc) is 2.79. The van der Waals surface area contributed by atoms with Crippen molar-refractivity contribution < 1.29 is 14.6 Å². The fourth-order valence-electron chi connectivity index (χ4n) is 3.22. The van der Waals surface area contributed by atoms with Gasteiger partial charge >= 0.3 is 0 Å². The highest BCUT2D eigenvalue weighted by Crippen LogP contribution is 2.36. The highest BCUT2D eigenvalue weighted by atomic mass is 16.5. The van der Waals surface area contributed by atoms with Gasteiger partial charge in [0.1, 0.15) is 12.4 Å². The van der Waals surface area contributed by atoms with Gasteiger partial charge in [-0.1, -0.05) is 43.9 Å². The van der Waals surface area contributed by atoms with Crippen LogP contribution in [0, 0.1) is 0 Å². The Balaban J connectivity index is 1.87. The van der Waals surface area contributed by atoms with E-state index in [9.17, 15) is 5.11 Å². The van der Waals surface area contributed by atoms with E-state index in [4.69, 9.17) is 15.2 Å². The maximum Gasteiger partial charge on any atom is 0.263 e. The fourth-order valence-corrected chi connectivity index (χ4v) is 3.22. The van der Waals surface area contributed by atoms with Gasteiger partial charge in [0.2, 0.25) is 5.75 Å². The van der Waals surface area contributed by atoms with Crippen LogP contribution in [0.3, 0.4) is 0 Å². The van der Waals surface area contributed by atoms with Gasteiger partial charge in [-0.05, 0) is 37.1 Å². The molecular weight excluding hydrogens is 404 g/mol. The second-order valence-electron chi connectivity index (χ2n) is 7.20. The monoisotopic (exact) mass is 434 g/mol. The lowest BCUT2D eigenvalue weighted by molar-refractivity contribution is 0.263. The number of nitrogen functional groups attached to an aromatic ring is 1. The second-order valence-corrected chi connectivity index (χ2v) is 7.20. The van der Waals surface area contributed by atoms with Gasteiger partial charge in [-0.15, -0.1) is 0 Å². The van der Waals surface area contributed by atoms with Gasteiger partial charge < -0.3 is 25.6 Å². The second kappa shape index (κ2) is 11.0. The molecule has 0 spiro atoms. The van der Waals surface area contributed by atoms with E-state index in [0.29, 0.717) is 67.1 Å². The summed E-state index contributed by atoms with van der Waals surface area (Å²) >= 11 is 0. The van der Waals surface area contributed by atoms with Crippen LogP contribution in [0.4, 0.5) is 11.5 Å². The predicted octanol–water partition coefficient (Wildman–Crippen LogP) is 5.16. The van der Waals surface area contributed by atoms with Gasteiger partial charge in [0.05, 0.1) is 18.7 Å². The molecule has 2 heterocycles. The van der Waals surface area contributed by atoms with Crippen LogP contribution in [0.5, 0.6) is 11.6 Å². The lowest BCUT2D eigenvalue weighted by atomic mass is 10.0. The van der Waals surface area contributed by atoms with Crippen molar-refractivity contribution in [3.63, 3.8) is 0 Å². The molecule has 0 saturated carbocycles. The first-order chi connectivity index (χ1) is 15.5. The minimum absolute atomic E-state index is 0.112. The summed E-state index contributed by atoms with van der Waals surface area (Å²) in [4.78, 5) is 9.14. The summed E-state index contributed by atoms with van der Waals surface area (Å²) < 4.78 is 11.8. The maximum absolute atomic E-state index is 10.5. The quantitative estimate of drug-likeness (QED) is 0.285. The number of hydrogen-bond donors (Lipinski definition) is 3. The van der Waals surface area contributed by atoms with Gasteiger partial charge in [0.15, 0.2) is 11.6 Å². The highest BCUT2D eigenvalue weighted by molar-refractivity contribution is 5.76. The van der Waals surface area contributed by atoms with E-state index in [2.05, 4.69) is 21.9 Å². The zero-order valence-corrected chi connectivity index (χ0v) is 18.6. The minimum atomic E-state index is 0.112. The topological polar surface area (TPSA) is 103 Å². The zero-order valence-electron chi connectivity index (χ0n) is 18.6. The maximum atomic E-state index is 10.5. The summed E-state index contributed by atoms with van der Waals surface area (Å²) in [6.07, 6.45) is 8.44. The van der Waals surface area contributed by atoms with Crippen molar-refractivity contribution in [2.24, 2.45) is 0 Å². The molecule has 2 aromatic rings. The third-order valence-corrected chi connectivity index (χ3v) is 4.83. The van der Waals surface area contributed by atoms with E-state index < -0.39 is 0 Å². The Bertz CT molecular complexity index is 1060. The minimum Gasteiger partial charge on any atom is -0.508 e. The fraction of sp³-hybridized carbons (Fsp3) is 0.280. The van der Waals surface area contributed by atoms with E-state index in [0.717, 1.165) is 11.1 Å². The molecule has 1 aliphatic heterocycles. The number of ether oxygens (including phenoxy) is 2. The third kappa shape index (κ3) is 5.49. The number of benzene rings is 1. The number of rotatable bonds is 9. The Labute approximate surface area is 189 Å². The molecule has 0 unspecified atom stereocenters. The van der Waals surface area contributed by atoms with Crippen LogP contribution in [0.1, 0.15) is 38.1 Å². The number of nitrogens with zero attached hydrogens (tertiary/aromatic N) is 2. The Morgan fingerprint density at radius 3 is 2.91 bits per heavy atom. The Kier molecular flexibility index (Phi) is 7.91. The van der Waals surface area contributed by atoms with Gasteiger partial charge in [-0.3, -0.25) is 0 Å². The summed E-state index contributed by atoms with van der Waals surface area (Å²) in [5.41, 5.74) is 9.03. The summed E-state index contributed by atoms with van der Waals surface area (Å²) in [5.74, 6) is 1.79. The molecule has 0 fully saturated rings. The summed E-state index contributed by atoms with van der Waals surface area (Å²) in [5, 5.41) is 13.8. The Morgan fingerprint density at radius 1 is 1.34 bits per heavy atom. The van der Waals surface area contributed by atoms with Crippen LogP contribution < -0.4 is 20.5 Å². The van der Waals surface area contributed by atoms with E-state index in [1.807, 2.05) is 50.3 Å². The molecule has 0 radical (unpaired) electrons. The average molecular weight is 435 g/mol. The molecule has 0 saturated heterocycles. The smallest absolute Gasteiger partial charge is 0.263 e. The van der Waals surface area contributed by atoms with Crippen LogP contribution in [0.25, 0.3) is 11.1 Å². The van der Waals surface area contributed by atoms with Crippen molar-refractivity contribution in [2.45, 2.75) is 26.7 Å². The predicted molar refractivity (Wildman–Crippen MR) is 130 cm³/mol. The van der Waals surface area contributed by atoms with Crippen LogP contribution in [-0.4, -0.2) is 34.8 Å². The first-order valence-electron chi connectivity index (χ1n) is 10.7. The zero-order chi connectivity index (χ0) is 22.9. The molecule has 1 aromatic heterocycles. The molecule has 4 N–H and O–H groups in total. The molecule has 32 heavy (non-hydrogen) atoms. The van der Waals surface area contributed by atoms with Gasteiger partial charge in [0, 0.05) is 17.7 Å². The number of fused-ring (bicyclic) bond motifs is 1. The van der Waals surface area contributed by atoms with Crippen molar-refractivity contribution in [1.29, 1.82) is 0 Å². The normalized spacial score (nSPS) is 13.9. The molecular formula is C25H30N4O3. The third-order valence-electron chi connectivity index (χ3n) is 4.83. The van der Waals surface area contributed by atoms with Crippen molar-refractivity contribution in [1.82, 2.24) is 9.97 Å². The summed E-state index contributed by atoms with van der Waals surface area (Å²) in [6, 6.07) is 7.61. The molecule has 0 amide bonds. The van der Waals surface area contributed by atoms with Crippen molar-refractivity contribution in [3.05, 3.63) is 72.3 Å². The van der Waals surface area contributed by atoms with E-state index in [1.54, 1.807) is 12.2 Å². The van der Waals surface area contributed by atoms with Crippen molar-refractivity contribution >= 4 is 22.7 Å². The largest absolute Gasteiger partial charge is 0.508 e. The molecule has 168 valence electrons. The van der Waals surface area contributed by atoms with Crippen LogP contribution in [-0.2, 0) is 0 Å². The van der Waals surface area contributed by atoms with Crippen molar-refractivity contribution in [2.75, 3.05) is 30.8 Å². The van der Waals surface area contributed by atoms with Crippen LogP contribution in [0.15, 0.2) is 60.9 Å². The highest BCUT2D eigenvalue weighted by Gasteiger charge is 2.23.